The molecule has 4 nitrogen and oxygen atoms in total. The van der Waals surface area contributed by atoms with Crippen LogP contribution in [0.4, 0.5) is 0 Å². The molecule has 0 aliphatic carbocycles. The monoisotopic (exact) mass is 231 g/mol. The van der Waals surface area contributed by atoms with Crippen molar-refractivity contribution >= 4 is 0 Å². The molecule has 1 aromatic heterocycles. The molecule has 0 spiro atoms. The molecule has 2 aromatic rings. The molecule has 0 fully saturated rings. The number of aromatic nitrogens is 1. The predicted octanol–water partition coefficient (Wildman–Crippen LogP) is 1.86. The van der Waals surface area contributed by atoms with Crippen LogP contribution < -0.4 is 10.2 Å². The molecule has 0 amide bonds. The van der Waals surface area contributed by atoms with Crippen LogP contribution in [0.15, 0.2) is 41.3 Å². The van der Waals surface area contributed by atoms with Gasteiger partial charge in [-0.05, 0) is 19.1 Å². The average Bonchev–Trinajstić information content (AvgIpc) is 2.36. The van der Waals surface area contributed by atoms with Gasteiger partial charge in [-0.25, -0.2) is 0 Å². The van der Waals surface area contributed by atoms with Gasteiger partial charge in [-0.3, -0.25) is 4.79 Å². The lowest BCUT2D eigenvalue weighted by Gasteiger charge is -2.12. The van der Waals surface area contributed by atoms with E-state index >= 15 is 0 Å². The van der Waals surface area contributed by atoms with Gasteiger partial charge < -0.3 is 14.4 Å². The molecule has 0 radical (unpaired) electrons. The molecule has 0 bridgehead atoms. The maximum atomic E-state index is 11.3. The highest BCUT2D eigenvalue weighted by Crippen LogP contribution is 2.19. The molecule has 0 atom stereocenters. The van der Waals surface area contributed by atoms with Crippen molar-refractivity contribution in [1.29, 1.82) is 0 Å². The molecule has 2 rings (SSSR count). The zero-order valence-electron chi connectivity index (χ0n) is 9.68. The van der Waals surface area contributed by atoms with Crippen LogP contribution >= 0.6 is 0 Å². The standard InChI is InChI=1S/C13H13NO3/c1-9-13(16)12(15)6-7-14(9)10-4-3-5-11(8-10)17-2/h3-8,16H,1-2H3. The Morgan fingerprint density at radius 1 is 1.29 bits per heavy atom. The van der Waals surface area contributed by atoms with Gasteiger partial charge in [0.05, 0.1) is 12.8 Å². The minimum Gasteiger partial charge on any atom is -0.503 e. The predicted molar refractivity (Wildman–Crippen MR) is 65.0 cm³/mol. The van der Waals surface area contributed by atoms with Crippen LogP contribution in [-0.4, -0.2) is 16.8 Å². The summed E-state index contributed by atoms with van der Waals surface area (Å²) >= 11 is 0. The van der Waals surface area contributed by atoms with Gasteiger partial charge in [0.15, 0.2) is 5.75 Å². The molecular formula is C13H13NO3. The first kappa shape index (κ1) is 11.3. The Bertz CT molecular complexity index is 602. The molecule has 88 valence electrons. The molecular weight excluding hydrogens is 218 g/mol. The van der Waals surface area contributed by atoms with Gasteiger partial charge in [-0.2, -0.15) is 0 Å². The van der Waals surface area contributed by atoms with Gasteiger partial charge in [0.2, 0.25) is 5.43 Å². The summed E-state index contributed by atoms with van der Waals surface area (Å²) in [7, 11) is 1.59. The van der Waals surface area contributed by atoms with E-state index in [1.807, 2.05) is 24.3 Å². The number of methoxy groups -OCH3 is 1. The first-order chi connectivity index (χ1) is 8.13. The van der Waals surface area contributed by atoms with Crippen LogP contribution in [0.25, 0.3) is 5.69 Å². The number of benzene rings is 1. The summed E-state index contributed by atoms with van der Waals surface area (Å²) in [6.45, 7) is 1.69. The molecule has 1 heterocycles. The smallest absolute Gasteiger partial charge is 0.223 e. The highest BCUT2D eigenvalue weighted by atomic mass is 16.5. The Kier molecular flexibility index (Phi) is 2.87. The fourth-order valence-electron chi connectivity index (χ4n) is 1.67. The summed E-state index contributed by atoms with van der Waals surface area (Å²) in [5, 5.41) is 9.61. The summed E-state index contributed by atoms with van der Waals surface area (Å²) in [5.74, 6) is 0.496. The number of hydrogen-bond acceptors (Lipinski definition) is 3. The second-order valence-electron chi connectivity index (χ2n) is 3.69. The minimum absolute atomic E-state index is 0.227. The average molecular weight is 231 g/mol. The largest absolute Gasteiger partial charge is 0.503 e. The van der Waals surface area contributed by atoms with Gasteiger partial charge in [-0.1, -0.05) is 6.07 Å². The fraction of sp³-hybridized carbons (Fsp3) is 0.154. The molecule has 0 aliphatic rings. The van der Waals surface area contributed by atoms with Gasteiger partial charge in [0.1, 0.15) is 5.75 Å². The Morgan fingerprint density at radius 2 is 2.06 bits per heavy atom. The van der Waals surface area contributed by atoms with Crippen molar-refractivity contribution in [2.45, 2.75) is 6.92 Å². The van der Waals surface area contributed by atoms with Crippen molar-refractivity contribution in [3.63, 3.8) is 0 Å². The Hall–Kier alpha value is -2.23. The van der Waals surface area contributed by atoms with Gasteiger partial charge in [0.25, 0.3) is 0 Å². The van der Waals surface area contributed by atoms with Crippen LogP contribution in [0.2, 0.25) is 0 Å². The highest BCUT2D eigenvalue weighted by Gasteiger charge is 2.07. The molecule has 4 heteroatoms. The molecule has 1 aromatic carbocycles. The van der Waals surface area contributed by atoms with Crippen molar-refractivity contribution in [2.24, 2.45) is 0 Å². The van der Waals surface area contributed by atoms with Crippen molar-refractivity contribution in [3.8, 4) is 17.2 Å². The third-order valence-electron chi connectivity index (χ3n) is 2.64. The molecule has 1 N–H and O–H groups in total. The number of ether oxygens (including phenoxy) is 1. The summed E-state index contributed by atoms with van der Waals surface area (Å²) in [6, 6.07) is 8.72. The first-order valence-corrected chi connectivity index (χ1v) is 5.19. The second-order valence-corrected chi connectivity index (χ2v) is 3.69. The van der Waals surface area contributed by atoms with E-state index in [4.69, 9.17) is 4.74 Å². The van der Waals surface area contributed by atoms with E-state index in [2.05, 4.69) is 0 Å². The molecule has 0 unspecified atom stereocenters. The Labute approximate surface area is 98.7 Å². The quantitative estimate of drug-likeness (QED) is 0.858. The van der Waals surface area contributed by atoms with Crippen LogP contribution in [0, 0.1) is 6.92 Å². The maximum Gasteiger partial charge on any atom is 0.223 e. The van der Waals surface area contributed by atoms with E-state index in [-0.39, 0.29) is 11.2 Å². The van der Waals surface area contributed by atoms with Crippen molar-refractivity contribution in [3.05, 3.63) is 52.4 Å². The number of hydrogen-bond donors (Lipinski definition) is 1. The van der Waals surface area contributed by atoms with Crippen molar-refractivity contribution < 1.29 is 9.84 Å². The normalized spacial score (nSPS) is 10.2. The summed E-state index contributed by atoms with van der Waals surface area (Å²) in [4.78, 5) is 11.3. The first-order valence-electron chi connectivity index (χ1n) is 5.19. The minimum atomic E-state index is -0.373. The van der Waals surface area contributed by atoms with E-state index < -0.39 is 0 Å². The van der Waals surface area contributed by atoms with Crippen LogP contribution in [0.1, 0.15) is 5.69 Å². The fourth-order valence-corrected chi connectivity index (χ4v) is 1.67. The summed E-state index contributed by atoms with van der Waals surface area (Å²) in [5.41, 5.74) is 0.963. The molecule has 17 heavy (non-hydrogen) atoms. The van der Waals surface area contributed by atoms with E-state index in [0.717, 1.165) is 11.4 Å². The molecule has 0 saturated heterocycles. The lowest BCUT2D eigenvalue weighted by molar-refractivity contribution is 0.414. The summed E-state index contributed by atoms with van der Waals surface area (Å²) < 4.78 is 6.87. The highest BCUT2D eigenvalue weighted by molar-refractivity contribution is 5.42. The second kappa shape index (κ2) is 4.33. The SMILES string of the molecule is COc1cccc(-n2ccc(=O)c(O)c2C)c1. The van der Waals surface area contributed by atoms with E-state index in [1.165, 1.54) is 6.07 Å². The number of nitrogens with zero attached hydrogens (tertiary/aromatic N) is 1. The van der Waals surface area contributed by atoms with E-state index in [1.54, 1.807) is 24.8 Å². The Morgan fingerprint density at radius 3 is 2.76 bits per heavy atom. The third-order valence-corrected chi connectivity index (χ3v) is 2.64. The third kappa shape index (κ3) is 2.01. The summed E-state index contributed by atoms with van der Waals surface area (Å²) in [6.07, 6.45) is 1.63. The van der Waals surface area contributed by atoms with Crippen molar-refractivity contribution in [2.75, 3.05) is 7.11 Å². The number of rotatable bonds is 2. The van der Waals surface area contributed by atoms with Gasteiger partial charge in [-0.15, -0.1) is 0 Å². The lowest BCUT2D eigenvalue weighted by atomic mass is 10.2. The van der Waals surface area contributed by atoms with Crippen molar-refractivity contribution in [1.82, 2.24) is 4.57 Å². The molecule has 0 saturated carbocycles. The van der Waals surface area contributed by atoms with Crippen LogP contribution in [0.5, 0.6) is 11.5 Å². The number of aromatic hydroxyl groups is 1. The molecule has 0 aliphatic heterocycles. The Balaban J connectivity index is 2.60. The zero-order chi connectivity index (χ0) is 12.4. The lowest BCUT2D eigenvalue weighted by Crippen LogP contribution is -2.08. The van der Waals surface area contributed by atoms with Crippen LogP contribution in [-0.2, 0) is 0 Å². The van der Waals surface area contributed by atoms with Crippen LogP contribution in [0.3, 0.4) is 0 Å². The topological polar surface area (TPSA) is 51.5 Å². The van der Waals surface area contributed by atoms with Gasteiger partial charge >= 0.3 is 0 Å². The van der Waals surface area contributed by atoms with E-state index in [9.17, 15) is 9.90 Å². The van der Waals surface area contributed by atoms with Gasteiger partial charge in [0, 0.05) is 24.0 Å². The maximum absolute atomic E-state index is 11.3. The number of pyridine rings is 1. The van der Waals surface area contributed by atoms with E-state index in [0.29, 0.717) is 5.69 Å². The zero-order valence-corrected chi connectivity index (χ0v) is 9.68.